The first-order chi connectivity index (χ1) is 7.75. The number of rotatable bonds is 5. The normalized spacial score (nSPS) is 15.0. The Kier molecular flexibility index (Phi) is 4.09. The zero-order valence-electron chi connectivity index (χ0n) is 9.97. The molecule has 1 fully saturated rings. The highest BCUT2D eigenvalue weighted by molar-refractivity contribution is 7.09. The Morgan fingerprint density at radius 3 is 2.94 bits per heavy atom. The van der Waals surface area contributed by atoms with Crippen molar-refractivity contribution < 1.29 is 0 Å². The summed E-state index contributed by atoms with van der Waals surface area (Å²) in [4.78, 5) is 4.45. The molecule has 2 heterocycles. The summed E-state index contributed by atoms with van der Waals surface area (Å²) in [6.07, 6.45) is 1.04. The third-order valence-electron chi connectivity index (χ3n) is 2.85. The maximum absolute atomic E-state index is 4.45. The van der Waals surface area contributed by atoms with Gasteiger partial charge in [0.25, 0.3) is 0 Å². The number of hydrogen-bond donors (Lipinski definition) is 2. The summed E-state index contributed by atoms with van der Waals surface area (Å²) in [6.45, 7) is 8.47. The lowest BCUT2D eigenvalue weighted by Crippen LogP contribution is -2.36. The Labute approximate surface area is 101 Å². The molecule has 1 aliphatic heterocycles. The average Bonchev–Trinajstić information content (AvgIpc) is 2.56. The van der Waals surface area contributed by atoms with Crippen LogP contribution in [0.4, 0.5) is 0 Å². The Bertz CT molecular complexity index is 375. The largest absolute Gasteiger partial charge is 0.313 e. The average molecular weight is 237 g/mol. The van der Waals surface area contributed by atoms with E-state index in [1.54, 1.807) is 16.9 Å². The Hall–Kier alpha value is -0.710. The van der Waals surface area contributed by atoms with Gasteiger partial charge in [-0.1, -0.05) is 5.57 Å². The highest BCUT2D eigenvalue weighted by atomic mass is 32.1. The van der Waals surface area contributed by atoms with Crippen molar-refractivity contribution in [2.24, 2.45) is 0 Å². The maximum atomic E-state index is 4.45. The molecule has 3 nitrogen and oxygen atoms in total. The van der Waals surface area contributed by atoms with E-state index in [-0.39, 0.29) is 0 Å². The van der Waals surface area contributed by atoms with Gasteiger partial charge in [0.15, 0.2) is 0 Å². The molecule has 0 aromatic carbocycles. The van der Waals surface area contributed by atoms with Crippen LogP contribution in [0.5, 0.6) is 0 Å². The molecular formula is C12H19N3S. The van der Waals surface area contributed by atoms with Crippen LogP contribution in [0.1, 0.15) is 17.6 Å². The van der Waals surface area contributed by atoms with Gasteiger partial charge >= 0.3 is 0 Å². The van der Waals surface area contributed by atoms with E-state index in [9.17, 15) is 0 Å². The van der Waals surface area contributed by atoms with Crippen LogP contribution in [0, 0.1) is 6.92 Å². The lowest BCUT2D eigenvalue weighted by Gasteiger charge is -2.22. The molecule has 88 valence electrons. The van der Waals surface area contributed by atoms with Crippen LogP contribution in [0.15, 0.2) is 16.5 Å². The molecule has 0 spiro atoms. The van der Waals surface area contributed by atoms with Crippen LogP contribution in [-0.2, 0) is 6.42 Å². The molecule has 1 saturated heterocycles. The number of hydrogen-bond acceptors (Lipinski definition) is 4. The minimum absolute atomic E-state index is 1.02. The molecule has 2 N–H and O–H groups in total. The van der Waals surface area contributed by atoms with Gasteiger partial charge < -0.3 is 10.6 Å². The Balaban J connectivity index is 1.65. The van der Waals surface area contributed by atoms with E-state index >= 15 is 0 Å². The monoisotopic (exact) mass is 237 g/mol. The van der Waals surface area contributed by atoms with Crippen molar-refractivity contribution in [2.45, 2.75) is 20.3 Å². The van der Waals surface area contributed by atoms with Crippen molar-refractivity contribution in [3.63, 3.8) is 0 Å². The van der Waals surface area contributed by atoms with Crippen molar-refractivity contribution in [3.8, 4) is 0 Å². The molecule has 4 heteroatoms. The number of aromatic nitrogens is 1. The summed E-state index contributed by atoms with van der Waals surface area (Å²) in [7, 11) is 0. The summed E-state index contributed by atoms with van der Waals surface area (Å²) >= 11 is 1.76. The number of nitrogens with one attached hydrogen (secondary N) is 2. The summed E-state index contributed by atoms with van der Waals surface area (Å²) in [5.41, 5.74) is 4.20. The van der Waals surface area contributed by atoms with E-state index in [2.05, 4.69) is 27.9 Å². The van der Waals surface area contributed by atoms with Crippen molar-refractivity contribution in [2.75, 3.05) is 26.2 Å². The summed E-state index contributed by atoms with van der Waals surface area (Å²) in [5, 5.41) is 10.1. The summed E-state index contributed by atoms with van der Waals surface area (Å²) < 4.78 is 0. The molecule has 0 amide bonds. The van der Waals surface area contributed by atoms with Crippen molar-refractivity contribution >= 4 is 11.3 Å². The third-order valence-corrected chi connectivity index (χ3v) is 3.88. The van der Waals surface area contributed by atoms with Gasteiger partial charge in [-0.2, -0.15) is 0 Å². The van der Waals surface area contributed by atoms with E-state index < -0.39 is 0 Å². The Morgan fingerprint density at radius 2 is 2.38 bits per heavy atom. The zero-order chi connectivity index (χ0) is 11.4. The predicted molar refractivity (Wildman–Crippen MR) is 69.0 cm³/mol. The Morgan fingerprint density at radius 1 is 1.56 bits per heavy atom. The fraction of sp³-hybridized carbons (Fsp3) is 0.583. The molecule has 0 bridgehead atoms. The topological polar surface area (TPSA) is 37.0 Å². The van der Waals surface area contributed by atoms with E-state index in [1.807, 2.05) is 6.92 Å². The van der Waals surface area contributed by atoms with Crippen molar-refractivity contribution in [1.82, 2.24) is 15.6 Å². The minimum Gasteiger partial charge on any atom is -0.313 e. The van der Waals surface area contributed by atoms with E-state index in [0.717, 1.165) is 38.3 Å². The van der Waals surface area contributed by atoms with E-state index in [1.165, 1.54) is 10.6 Å². The van der Waals surface area contributed by atoms with Gasteiger partial charge in [0, 0.05) is 43.7 Å². The van der Waals surface area contributed by atoms with Gasteiger partial charge in [-0.15, -0.1) is 11.3 Å². The molecular weight excluding hydrogens is 218 g/mol. The number of aryl methyl sites for hydroxylation is 1. The van der Waals surface area contributed by atoms with Crippen LogP contribution in [0.3, 0.4) is 0 Å². The molecule has 1 aromatic heterocycles. The highest BCUT2D eigenvalue weighted by Crippen LogP contribution is 2.09. The number of nitrogens with zero attached hydrogens (tertiary/aromatic N) is 1. The molecule has 2 rings (SSSR count). The van der Waals surface area contributed by atoms with Gasteiger partial charge in [-0.05, 0) is 19.4 Å². The van der Waals surface area contributed by atoms with Crippen molar-refractivity contribution in [1.29, 1.82) is 0 Å². The first-order valence-electron chi connectivity index (χ1n) is 5.75. The molecule has 1 aromatic rings. The van der Waals surface area contributed by atoms with Crippen LogP contribution in [0.2, 0.25) is 0 Å². The second-order valence-electron chi connectivity index (χ2n) is 4.30. The summed E-state index contributed by atoms with van der Waals surface area (Å²) in [6, 6.07) is 0. The second kappa shape index (κ2) is 5.57. The first kappa shape index (κ1) is 11.8. The van der Waals surface area contributed by atoms with Gasteiger partial charge in [0.1, 0.15) is 0 Å². The minimum atomic E-state index is 1.02. The lowest BCUT2D eigenvalue weighted by atomic mass is 10.0. The second-order valence-corrected chi connectivity index (χ2v) is 5.24. The molecule has 1 aliphatic rings. The summed E-state index contributed by atoms with van der Waals surface area (Å²) in [5.74, 6) is 0. The van der Waals surface area contributed by atoms with Crippen molar-refractivity contribution in [3.05, 3.63) is 27.2 Å². The molecule has 16 heavy (non-hydrogen) atoms. The van der Waals surface area contributed by atoms with Gasteiger partial charge in [-0.3, -0.25) is 0 Å². The van der Waals surface area contributed by atoms with Crippen LogP contribution in [0.25, 0.3) is 0 Å². The maximum Gasteiger partial charge on any atom is 0.0940 e. The van der Waals surface area contributed by atoms with Crippen LogP contribution in [-0.4, -0.2) is 31.2 Å². The third kappa shape index (κ3) is 3.14. The number of thiazole rings is 1. The van der Waals surface area contributed by atoms with Gasteiger partial charge in [0.2, 0.25) is 0 Å². The van der Waals surface area contributed by atoms with Gasteiger partial charge in [-0.25, -0.2) is 4.98 Å². The quantitative estimate of drug-likeness (QED) is 0.602. The molecule has 0 aliphatic carbocycles. The lowest BCUT2D eigenvalue weighted by molar-refractivity contribution is 0.640. The highest BCUT2D eigenvalue weighted by Gasteiger charge is 2.09. The van der Waals surface area contributed by atoms with Crippen LogP contribution >= 0.6 is 11.3 Å². The molecule has 0 saturated carbocycles. The molecule has 0 unspecified atom stereocenters. The smallest absolute Gasteiger partial charge is 0.0940 e. The van der Waals surface area contributed by atoms with E-state index in [0.29, 0.717) is 0 Å². The standard InChI is InChI=1S/C12H19N3S/c1-9(11-6-14-7-11)5-13-4-3-12-15-10(2)8-16-12/h8,13-14H,3-7H2,1-2H3. The van der Waals surface area contributed by atoms with Gasteiger partial charge in [0.05, 0.1) is 5.01 Å². The van der Waals surface area contributed by atoms with Crippen LogP contribution < -0.4 is 10.6 Å². The fourth-order valence-electron chi connectivity index (χ4n) is 1.67. The fourth-order valence-corrected chi connectivity index (χ4v) is 2.44. The SMILES string of the molecule is CC(CNCCc1nc(C)cs1)=C1CNC1. The first-order valence-corrected chi connectivity index (χ1v) is 6.63. The predicted octanol–water partition coefficient (Wildman–Crippen LogP) is 1.50. The molecule has 0 radical (unpaired) electrons. The van der Waals surface area contributed by atoms with E-state index in [4.69, 9.17) is 0 Å². The molecule has 0 atom stereocenters. The zero-order valence-corrected chi connectivity index (χ0v) is 10.8.